The zero-order chi connectivity index (χ0) is 67.2. The highest BCUT2D eigenvalue weighted by molar-refractivity contribution is 6.35. The molecule has 4 heterocycles. The molecule has 25 heteroatoms. The van der Waals surface area contributed by atoms with Gasteiger partial charge in [-0.1, -0.05) is 107 Å². The van der Waals surface area contributed by atoms with Crippen LogP contribution in [0.15, 0.2) is 47.6 Å². The Kier molecular flexibility index (Phi) is 29.0. The number of cyclic esters (lactones) is 1. The summed E-state index contributed by atoms with van der Waals surface area (Å²) >= 11 is 12.5. The van der Waals surface area contributed by atoms with Crippen molar-refractivity contribution < 1.29 is 91.4 Å². The van der Waals surface area contributed by atoms with Crippen LogP contribution in [0.1, 0.15) is 127 Å². The number of aliphatic hydroxyl groups is 2. The van der Waals surface area contributed by atoms with Gasteiger partial charge >= 0.3 is 18.0 Å². The fraction of sp³-hybridized carbons (Fsp3) is 0.742. The van der Waals surface area contributed by atoms with Gasteiger partial charge in [-0.05, 0) is 77.5 Å². The molecule has 0 saturated carbocycles. The molecule has 5 N–H and O–H groups in total. The van der Waals surface area contributed by atoms with Crippen molar-refractivity contribution in [3.63, 3.8) is 0 Å². The first kappa shape index (κ1) is 75.7. The Bertz CT molecular complexity index is 2680. The molecule has 4 aliphatic rings. The van der Waals surface area contributed by atoms with E-state index in [9.17, 15) is 24.9 Å². The van der Waals surface area contributed by atoms with Crippen LogP contribution in [0.25, 0.3) is 0 Å². The first-order valence-electron chi connectivity index (χ1n) is 32.0. The number of esters is 2. The number of carbonyl (C=O) groups excluding carboxylic acids is 4. The number of oxime groups is 1. The Balaban J connectivity index is 1.46. The highest BCUT2D eigenvalue weighted by Crippen LogP contribution is 2.41. The SMILES string of the molecule is CON=C1C[C@@H](C)O[C@@H](O[C@@H]2[C@@H](C)[C@H](O[C@H]3CC(C)N(CCNCc4cc(Cl)cc(Cl)c4O)C[C@H](C)O3)[C@@H](C)C(=O)O[C@H]([C@@H](C)CO[C@@H]3O[C@H](C)[C@@H](O)[C@@H](OC)[C@H]3OC)[C@H](C)[C@@H](OC(=O)CC(C)C)[C@@H](C)C(=O)[C@@](C)(OC(=O)NCc3ccccc3)C[C@@H]2C)[C@@H]1O. The lowest BCUT2D eigenvalue weighted by molar-refractivity contribution is -0.305. The summed E-state index contributed by atoms with van der Waals surface area (Å²) < 4.78 is 71.1. The monoisotopic (exact) mass is 1320 g/mol. The van der Waals surface area contributed by atoms with Gasteiger partial charge in [-0.2, -0.15) is 0 Å². The molecule has 2 aromatic rings. The number of Topliss-reactive ketones (excluding diaryl/α,β-unsaturated/α-hetero) is 1. The Morgan fingerprint density at radius 3 is 2.18 bits per heavy atom. The summed E-state index contributed by atoms with van der Waals surface area (Å²) in [6, 6.07) is 12.2. The lowest BCUT2D eigenvalue weighted by Crippen LogP contribution is -2.59. The average molecular weight is 1330 g/mol. The number of nitrogens with zero attached hydrogens (tertiary/aromatic N) is 2. The standard InChI is InChI=1S/C66H102Cl2N4O19/c1-34(2)24-50(73)87-57-41(9)56(36(4)33-83-64-60(81-15)59(80-14)52(74)44(12)86-64)89-62(78)43(11)58(88-51-25-37(5)72(32-39(7)84-51)23-22-69-31-46-27-47(67)28-48(68)53(46)75)40(8)55(90-63-54(76)49(71-82-16)26-38(6)85-63)35(3)29-66(13,61(77)42(57)10)91-65(79)70-30-45-20-18-17-19-21-45/h17-21,27-28,34-44,51-52,54-60,63-64,69,74-76H,22-26,29-33H2,1-16H3,(H,70,79)/t35-,36-,37?,38+,39-,40+,41-,42+,43+,44+,51-,52+,54+,55-,56+,57+,58-,59+,60+,63-,64+,66-/m0/s1. The molecule has 22 atom stereocenters. The lowest BCUT2D eigenvalue weighted by Gasteiger charge is -2.45. The second-order valence-corrected chi connectivity index (χ2v) is 27.0. The van der Waals surface area contributed by atoms with E-state index < -0.39 is 151 Å². The van der Waals surface area contributed by atoms with Crippen LogP contribution in [-0.2, 0) is 84.4 Å². The molecule has 4 aliphatic heterocycles. The van der Waals surface area contributed by atoms with Gasteiger partial charge in [0.15, 0.2) is 30.3 Å². The molecular formula is C66H102Cl2N4O19. The number of phenols is 1. The summed E-state index contributed by atoms with van der Waals surface area (Å²) in [5, 5.41) is 44.5. The average Bonchev–Trinajstić information content (AvgIpc) is 0.982. The summed E-state index contributed by atoms with van der Waals surface area (Å²) in [6.07, 6.45) is -14.4. The molecule has 1 unspecified atom stereocenters. The minimum Gasteiger partial charge on any atom is -0.506 e. The molecule has 0 aliphatic carbocycles. The van der Waals surface area contributed by atoms with E-state index in [0.717, 1.165) is 5.56 Å². The molecule has 0 radical (unpaired) electrons. The van der Waals surface area contributed by atoms with Gasteiger partial charge in [0, 0.05) is 101 Å². The van der Waals surface area contributed by atoms with Crippen molar-refractivity contribution in [1.29, 1.82) is 0 Å². The van der Waals surface area contributed by atoms with E-state index in [-0.39, 0.29) is 60.9 Å². The fourth-order valence-corrected chi connectivity index (χ4v) is 13.7. The predicted molar refractivity (Wildman–Crippen MR) is 339 cm³/mol. The third kappa shape index (κ3) is 20.4. The second kappa shape index (κ2) is 34.9. The van der Waals surface area contributed by atoms with Gasteiger partial charge in [-0.15, -0.1) is 0 Å². The second-order valence-electron chi connectivity index (χ2n) is 26.1. The number of halogens is 2. The van der Waals surface area contributed by atoms with Crippen LogP contribution in [0, 0.1) is 41.4 Å². The largest absolute Gasteiger partial charge is 0.506 e. The highest BCUT2D eigenvalue weighted by Gasteiger charge is 2.53. The van der Waals surface area contributed by atoms with E-state index in [2.05, 4.69) is 27.6 Å². The van der Waals surface area contributed by atoms with Crippen LogP contribution < -0.4 is 10.6 Å². The van der Waals surface area contributed by atoms with Crippen molar-refractivity contribution in [3.8, 4) is 5.75 Å². The van der Waals surface area contributed by atoms with Crippen molar-refractivity contribution in [1.82, 2.24) is 15.5 Å². The fourth-order valence-electron chi connectivity index (χ4n) is 13.2. The maximum Gasteiger partial charge on any atom is 0.408 e. The van der Waals surface area contributed by atoms with Gasteiger partial charge in [0.05, 0.1) is 59.7 Å². The van der Waals surface area contributed by atoms with Gasteiger partial charge in [-0.25, -0.2) is 4.79 Å². The summed E-state index contributed by atoms with van der Waals surface area (Å²) in [5.74, 6) is -7.84. The first-order chi connectivity index (χ1) is 43.0. The normalized spacial score (nSPS) is 35.8. The Labute approximate surface area is 547 Å². The van der Waals surface area contributed by atoms with E-state index >= 15 is 9.59 Å². The number of hydrogen-bond acceptors (Lipinski definition) is 22. The summed E-state index contributed by atoms with van der Waals surface area (Å²) in [6.45, 7) is 25.0. The molecule has 2 aromatic carbocycles. The quantitative estimate of drug-likeness (QED) is 0.0320. The third-order valence-electron chi connectivity index (χ3n) is 18.0. The number of ketones is 1. The van der Waals surface area contributed by atoms with Crippen molar-refractivity contribution in [2.75, 3.05) is 47.6 Å². The van der Waals surface area contributed by atoms with Crippen molar-refractivity contribution in [2.24, 2.45) is 46.6 Å². The number of amides is 1. The molecule has 1 amide bonds. The number of aliphatic hydroxyl groups excluding tert-OH is 2. The summed E-state index contributed by atoms with van der Waals surface area (Å²) in [5.41, 5.74) is -0.409. The Hall–Kier alpha value is -4.31. The summed E-state index contributed by atoms with van der Waals surface area (Å²) in [4.78, 5) is 67.6. The molecule has 4 fully saturated rings. The van der Waals surface area contributed by atoms with Gasteiger partial charge in [0.2, 0.25) is 0 Å². The zero-order valence-corrected chi connectivity index (χ0v) is 57.4. The van der Waals surface area contributed by atoms with E-state index in [1.807, 2.05) is 65.0 Å². The molecular weight excluding hydrogens is 1220 g/mol. The van der Waals surface area contributed by atoms with Crippen LogP contribution in [-0.4, -0.2) is 195 Å². The molecule has 4 saturated heterocycles. The maximum absolute atomic E-state index is 16.0. The van der Waals surface area contributed by atoms with Crippen LogP contribution in [0.2, 0.25) is 10.0 Å². The van der Waals surface area contributed by atoms with E-state index in [0.29, 0.717) is 43.2 Å². The minimum absolute atomic E-state index is 0.0141. The van der Waals surface area contributed by atoms with Gasteiger partial charge < -0.3 is 82.9 Å². The number of rotatable bonds is 22. The first-order valence-corrected chi connectivity index (χ1v) is 32.7. The number of carbonyl (C=O) groups is 4. The van der Waals surface area contributed by atoms with Crippen molar-refractivity contribution >= 4 is 52.7 Å². The van der Waals surface area contributed by atoms with E-state index in [4.69, 9.17) is 80.1 Å². The Morgan fingerprint density at radius 1 is 0.824 bits per heavy atom. The van der Waals surface area contributed by atoms with Crippen LogP contribution in [0.4, 0.5) is 4.79 Å². The minimum atomic E-state index is -2.00. The molecule has 91 heavy (non-hydrogen) atoms. The van der Waals surface area contributed by atoms with E-state index in [1.165, 1.54) is 34.3 Å². The van der Waals surface area contributed by atoms with Crippen LogP contribution in [0.5, 0.6) is 5.75 Å². The predicted octanol–water partition coefficient (Wildman–Crippen LogP) is 8.38. The number of benzene rings is 2. The molecule has 0 spiro atoms. The molecule has 6 rings (SSSR count). The van der Waals surface area contributed by atoms with Crippen molar-refractivity contribution in [3.05, 3.63) is 63.6 Å². The van der Waals surface area contributed by atoms with Gasteiger partial charge in [0.25, 0.3) is 0 Å². The Morgan fingerprint density at radius 2 is 1.52 bits per heavy atom. The van der Waals surface area contributed by atoms with Gasteiger partial charge in [-0.3, -0.25) is 19.3 Å². The van der Waals surface area contributed by atoms with Crippen molar-refractivity contribution in [2.45, 2.75) is 226 Å². The maximum atomic E-state index is 16.0. The summed E-state index contributed by atoms with van der Waals surface area (Å²) in [7, 11) is 4.27. The smallest absolute Gasteiger partial charge is 0.408 e. The lowest BCUT2D eigenvalue weighted by atomic mass is 9.74. The van der Waals surface area contributed by atoms with Crippen LogP contribution >= 0.6 is 23.2 Å². The molecule has 23 nitrogen and oxygen atoms in total. The topological polar surface area (TPSA) is 279 Å². The number of nitrogens with one attached hydrogen (secondary N) is 2. The van der Waals surface area contributed by atoms with E-state index in [1.54, 1.807) is 47.6 Å². The number of ether oxygens (including phenoxy) is 11. The number of methoxy groups -OCH3 is 2. The number of aromatic hydroxyl groups is 1. The highest BCUT2D eigenvalue weighted by atomic mass is 35.5. The molecule has 0 bridgehead atoms. The van der Waals surface area contributed by atoms with Gasteiger partial charge in [0.1, 0.15) is 49.5 Å². The number of hydrogen-bond donors (Lipinski definition) is 5. The molecule has 514 valence electrons. The zero-order valence-electron chi connectivity index (χ0n) is 55.8. The van der Waals surface area contributed by atoms with Crippen LogP contribution in [0.3, 0.4) is 0 Å². The number of phenolic OH excluding ortho intramolecular Hbond substituents is 1. The molecule has 0 aromatic heterocycles. The third-order valence-corrected chi connectivity index (χ3v) is 18.5. The number of alkyl carbamates (subject to hydrolysis) is 1.